The van der Waals surface area contributed by atoms with Gasteiger partial charge in [0.2, 0.25) is 0 Å². The highest BCUT2D eigenvalue weighted by molar-refractivity contribution is 6.11. The fraction of sp³-hybridized carbons (Fsp3) is 0.143. The van der Waals surface area contributed by atoms with Gasteiger partial charge in [0, 0.05) is 22.4 Å². The number of benzene rings is 2. The summed E-state index contributed by atoms with van der Waals surface area (Å²) in [6.45, 7) is 2.12. The zero-order valence-corrected chi connectivity index (χ0v) is 14.9. The van der Waals surface area contributed by atoms with Crippen LogP contribution in [0.1, 0.15) is 11.1 Å². The van der Waals surface area contributed by atoms with Gasteiger partial charge in [-0.2, -0.15) is 15.6 Å². The van der Waals surface area contributed by atoms with Crippen molar-refractivity contribution in [3.05, 3.63) is 53.7 Å². The first kappa shape index (κ1) is 16.6. The zero-order valence-electron chi connectivity index (χ0n) is 14.9. The van der Waals surface area contributed by atoms with Gasteiger partial charge in [-0.05, 0) is 30.7 Å². The average Bonchev–Trinajstić information content (AvgIpc) is 3.07. The van der Waals surface area contributed by atoms with Crippen LogP contribution in [0.4, 0.5) is 0 Å². The second-order valence-electron chi connectivity index (χ2n) is 6.21. The molecule has 4 rings (SSSR count). The summed E-state index contributed by atoms with van der Waals surface area (Å²) in [5.41, 5.74) is 4.84. The first-order valence-electron chi connectivity index (χ1n) is 8.37. The van der Waals surface area contributed by atoms with E-state index in [0.29, 0.717) is 5.56 Å². The number of hydrogen-bond acceptors (Lipinski definition) is 5. The van der Waals surface area contributed by atoms with Crippen molar-refractivity contribution in [1.29, 1.82) is 10.5 Å². The quantitative estimate of drug-likeness (QED) is 0.556. The monoisotopic (exact) mass is 353 g/mol. The van der Waals surface area contributed by atoms with Crippen molar-refractivity contribution >= 4 is 21.8 Å². The van der Waals surface area contributed by atoms with E-state index < -0.39 is 0 Å². The van der Waals surface area contributed by atoms with E-state index in [2.05, 4.69) is 22.2 Å². The molecule has 0 saturated heterocycles. The maximum absolute atomic E-state index is 9.17. The lowest BCUT2D eigenvalue weighted by Gasteiger charge is -2.08. The van der Waals surface area contributed by atoms with Crippen LogP contribution in [0.3, 0.4) is 0 Å². The molecule has 130 valence electrons. The molecule has 0 bridgehead atoms. The molecular weight excluding hydrogens is 338 g/mol. The van der Waals surface area contributed by atoms with Crippen molar-refractivity contribution < 1.29 is 4.74 Å². The van der Waals surface area contributed by atoms with Crippen molar-refractivity contribution in [3.63, 3.8) is 0 Å². The molecule has 2 aromatic heterocycles. The van der Waals surface area contributed by atoms with Crippen LogP contribution in [-0.2, 0) is 6.54 Å². The number of hydrogen-bond donors (Lipinski definition) is 0. The van der Waals surface area contributed by atoms with Crippen molar-refractivity contribution in [2.45, 2.75) is 13.5 Å². The number of nitrogens with zero attached hydrogens (tertiary/aromatic N) is 5. The smallest absolute Gasteiger partial charge is 0.128 e. The van der Waals surface area contributed by atoms with Crippen LogP contribution >= 0.6 is 0 Å². The summed E-state index contributed by atoms with van der Waals surface area (Å²) in [4.78, 5) is 4.54. The summed E-state index contributed by atoms with van der Waals surface area (Å²) in [7, 11) is 1.64. The van der Waals surface area contributed by atoms with Crippen LogP contribution in [0.25, 0.3) is 33.1 Å². The number of methoxy groups -OCH3 is 1. The number of nitriles is 2. The highest BCUT2D eigenvalue weighted by Gasteiger charge is 2.17. The van der Waals surface area contributed by atoms with Gasteiger partial charge in [-0.15, -0.1) is 0 Å². The molecule has 6 heteroatoms. The Kier molecular flexibility index (Phi) is 3.95. The fourth-order valence-corrected chi connectivity index (χ4v) is 3.30. The van der Waals surface area contributed by atoms with Gasteiger partial charge in [-0.3, -0.25) is 4.98 Å². The lowest BCUT2D eigenvalue weighted by molar-refractivity contribution is 0.412. The van der Waals surface area contributed by atoms with Crippen molar-refractivity contribution in [2.75, 3.05) is 7.11 Å². The van der Waals surface area contributed by atoms with Crippen LogP contribution in [0, 0.1) is 29.6 Å². The molecule has 2 aromatic carbocycles. The van der Waals surface area contributed by atoms with E-state index in [1.807, 2.05) is 31.2 Å². The zero-order chi connectivity index (χ0) is 19.0. The lowest BCUT2D eigenvalue weighted by atomic mass is 10.0. The molecule has 0 amide bonds. The topological polar surface area (TPSA) is 87.5 Å². The van der Waals surface area contributed by atoms with Crippen LogP contribution in [-0.4, -0.2) is 21.9 Å². The Morgan fingerprint density at radius 1 is 1.15 bits per heavy atom. The molecule has 0 spiro atoms. The normalized spacial score (nSPS) is 10.7. The minimum Gasteiger partial charge on any atom is -0.496 e. The average molecular weight is 353 g/mol. The molecule has 27 heavy (non-hydrogen) atoms. The van der Waals surface area contributed by atoms with Gasteiger partial charge < -0.3 is 4.74 Å². The van der Waals surface area contributed by atoms with Gasteiger partial charge >= 0.3 is 0 Å². The van der Waals surface area contributed by atoms with Gasteiger partial charge in [0.15, 0.2) is 0 Å². The fourth-order valence-electron chi connectivity index (χ4n) is 3.30. The minimum absolute atomic E-state index is 0.134. The second-order valence-corrected chi connectivity index (χ2v) is 6.21. The van der Waals surface area contributed by atoms with E-state index in [1.54, 1.807) is 30.1 Å². The molecule has 0 N–H and O–H groups in total. The van der Waals surface area contributed by atoms with Crippen molar-refractivity contribution in [2.24, 2.45) is 0 Å². The first-order valence-corrected chi connectivity index (χ1v) is 8.37. The highest BCUT2D eigenvalue weighted by atomic mass is 16.5. The summed E-state index contributed by atoms with van der Waals surface area (Å²) >= 11 is 0. The summed E-state index contributed by atoms with van der Waals surface area (Å²) < 4.78 is 7.08. The Labute approximate surface area is 155 Å². The highest BCUT2D eigenvalue weighted by Crippen LogP contribution is 2.35. The summed E-state index contributed by atoms with van der Waals surface area (Å²) in [5.74, 6) is 0.777. The Morgan fingerprint density at radius 3 is 2.59 bits per heavy atom. The summed E-state index contributed by atoms with van der Waals surface area (Å²) in [6, 6.07) is 15.5. The molecule has 0 aliphatic rings. The molecule has 6 nitrogen and oxygen atoms in total. The predicted molar refractivity (Wildman–Crippen MR) is 102 cm³/mol. The third-order valence-electron chi connectivity index (χ3n) is 4.61. The number of rotatable bonds is 3. The molecule has 4 aromatic rings. The molecule has 0 radical (unpaired) electrons. The maximum atomic E-state index is 9.17. The van der Waals surface area contributed by atoms with Gasteiger partial charge in [0.25, 0.3) is 0 Å². The SMILES string of the molecule is COc1cc2ncc3c(c(-c4ccc(C#N)cc4)nn3CC#N)c2cc1C. The van der Waals surface area contributed by atoms with Gasteiger partial charge in [0.05, 0.1) is 42.0 Å². The number of aromatic nitrogens is 3. The molecule has 0 atom stereocenters. The molecule has 2 heterocycles. The number of ether oxygens (including phenoxy) is 1. The number of pyridine rings is 1. The molecule has 0 aliphatic heterocycles. The standard InChI is InChI=1S/C21H15N5O/c1-13-9-16-17(10-19(13)27-2)24-12-18-20(16)21(25-26(18)8-7-22)15-5-3-14(11-23)4-6-15/h3-6,9-10,12H,8H2,1-2H3. The van der Waals surface area contributed by atoms with E-state index in [9.17, 15) is 0 Å². The Hall–Kier alpha value is -3.90. The number of fused-ring (bicyclic) bond motifs is 3. The van der Waals surface area contributed by atoms with Crippen LogP contribution in [0.5, 0.6) is 5.75 Å². The number of aryl methyl sites for hydroxylation is 1. The van der Waals surface area contributed by atoms with Crippen LogP contribution < -0.4 is 4.74 Å². The van der Waals surface area contributed by atoms with Crippen LogP contribution in [0.15, 0.2) is 42.6 Å². The Bertz CT molecular complexity index is 1260. The van der Waals surface area contributed by atoms with E-state index in [4.69, 9.17) is 15.3 Å². The minimum atomic E-state index is 0.134. The van der Waals surface area contributed by atoms with Gasteiger partial charge in [-0.1, -0.05) is 12.1 Å². The molecule has 0 aliphatic carbocycles. The molecule has 0 fully saturated rings. The summed E-state index contributed by atoms with van der Waals surface area (Å²) in [5, 5.41) is 24.8. The molecule has 0 saturated carbocycles. The van der Waals surface area contributed by atoms with E-state index in [1.165, 1.54) is 0 Å². The van der Waals surface area contributed by atoms with Gasteiger partial charge in [-0.25, -0.2) is 4.68 Å². The molecule has 0 unspecified atom stereocenters. The lowest BCUT2D eigenvalue weighted by Crippen LogP contribution is -1.98. The summed E-state index contributed by atoms with van der Waals surface area (Å²) in [6.07, 6.45) is 1.74. The third-order valence-corrected chi connectivity index (χ3v) is 4.61. The van der Waals surface area contributed by atoms with Crippen molar-refractivity contribution in [1.82, 2.24) is 14.8 Å². The second kappa shape index (κ2) is 6.44. The molecular formula is C21H15N5O. The Balaban J connectivity index is 2.08. The maximum Gasteiger partial charge on any atom is 0.128 e. The van der Waals surface area contributed by atoms with E-state index in [-0.39, 0.29) is 6.54 Å². The van der Waals surface area contributed by atoms with Crippen molar-refractivity contribution in [3.8, 4) is 29.1 Å². The largest absolute Gasteiger partial charge is 0.496 e. The van der Waals surface area contributed by atoms with Crippen LogP contribution in [0.2, 0.25) is 0 Å². The third kappa shape index (κ3) is 2.65. The van der Waals surface area contributed by atoms with E-state index in [0.717, 1.165) is 44.4 Å². The van der Waals surface area contributed by atoms with E-state index >= 15 is 0 Å². The Morgan fingerprint density at radius 2 is 1.93 bits per heavy atom. The first-order chi connectivity index (χ1) is 13.2. The van der Waals surface area contributed by atoms with Gasteiger partial charge in [0.1, 0.15) is 18.0 Å². The predicted octanol–water partition coefficient (Wildman–Crippen LogP) is 3.96.